The Kier molecular flexibility index (Phi) is 7.77. The second kappa shape index (κ2) is 11.2. The van der Waals surface area contributed by atoms with E-state index in [1.54, 1.807) is 6.07 Å². The first-order valence-corrected chi connectivity index (χ1v) is 13.0. The number of benzene rings is 1. The van der Waals surface area contributed by atoms with Gasteiger partial charge in [-0.3, -0.25) is 9.59 Å². The number of rotatable bonds is 6. The van der Waals surface area contributed by atoms with Crippen molar-refractivity contribution < 1.29 is 30.7 Å². The van der Waals surface area contributed by atoms with Crippen LogP contribution in [0.3, 0.4) is 0 Å². The number of aromatic amines is 1. The van der Waals surface area contributed by atoms with Crippen molar-refractivity contribution in [1.29, 1.82) is 0 Å². The maximum Gasteiger partial charge on any atom is 0.423 e. The molecule has 4 aromatic rings. The molecule has 2 atom stereocenters. The normalized spacial score (nSPS) is 17.9. The number of hydrogen-bond acceptors (Lipinski definition) is 6. The molecule has 0 radical (unpaired) electrons. The Balaban J connectivity index is 1.36. The van der Waals surface area contributed by atoms with E-state index >= 15 is 0 Å². The fourth-order valence-electron chi connectivity index (χ4n) is 5.30. The molecule has 1 fully saturated rings. The van der Waals surface area contributed by atoms with Crippen LogP contribution in [0.15, 0.2) is 52.6 Å². The van der Waals surface area contributed by atoms with Gasteiger partial charge < -0.3 is 9.88 Å². The maximum absolute atomic E-state index is 15.0. The minimum atomic E-state index is -4.88. The third kappa shape index (κ3) is 5.99. The molecule has 1 aliphatic carbocycles. The maximum atomic E-state index is 15.0. The van der Waals surface area contributed by atoms with E-state index in [1.807, 2.05) is 5.10 Å². The zero-order valence-electron chi connectivity index (χ0n) is 21.7. The minimum absolute atomic E-state index is 0.0355. The third-order valence-corrected chi connectivity index (χ3v) is 7.41. The summed E-state index contributed by atoms with van der Waals surface area (Å²) < 4.78 is 95.3. The summed E-state index contributed by atoms with van der Waals surface area (Å²) in [7, 11) is 0. The van der Waals surface area contributed by atoms with Gasteiger partial charge in [0.2, 0.25) is 0 Å². The Hall–Kier alpha value is -4.30. The van der Waals surface area contributed by atoms with Gasteiger partial charge in [-0.15, -0.1) is 0 Å². The lowest BCUT2D eigenvalue weighted by Gasteiger charge is -2.33. The molecule has 15 heteroatoms. The molecule has 3 aromatic heterocycles. The third-order valence-electron chi connectivity index (χ3n) is 7.41. The van der Waals surface area contributed by atoms with Crippen LogP contribution in [0.2, 0.25) is 0 Å². The number of halogens is 7. The molecule has 0 aliphatic heterocycles. The van der Waals surface area contributed by atoms with Crippen molar-refractivity contribution in [1.82, 2.24) is 24.7 Å². The van der Waals surface area contributed by atoms with Gasteiger partial charge in [0.1, 0.15) is 11.4 Å². The van der Waals surface area contributed by atoms with Gasteiger partial charge >= 0.3 is 12.4 Å². The largest absolute Gasteiger partial charge is 0.423 e. The fraction of sp³-hybridized carbons (Fsp3) is 0.370. The predicted molar refractivity (Wildman–Crippen MR) is 138 cm³/mol. The number of nitrogens with one attached hydrogen (secondary N) is 2. The van der Waals surface area contributed by atoms with E-state index in [4.69, 9.17) is 0 Å². The summed E-state index contributed by atoms with van der Waals surface area (Å²) in [5, 5.41) is 8.53. The summed E-state index contributed by atoms with van der Waals surface area (Å²) in [6.07, 6.45) is -2.73. The summed E-state index contributed by atoms with van der Waals surface area (Å²) in [4.78, 5) is 32.3. The van der Waals surface area contributed by atoms with Crippen LogP contribution < -0.4 is 16.4 Å². The summed E-state index contributed by atoms with van der Waals surface area (Å²) in [6.45, 7) is 0.197. The highest BCUT2D eigenvalue weighted by Crippen LogP contribution is 2.35. The molecule has 8 nitrogen and oxygen atoms in total. The van der Waals surface area contributed by atoms with Crippen molar-refractivity contribution in [2.75, 3.05) is 5.32 Å². The van der Waals surface area contributed by atoms with E-state index < -0.39 is 52.1 Å². The quantitative estimate of drug-likeness (QED) is 0.274. The minimum Gasteiger partial charge on any atom is -0.380 e. The number of fused-ring (bicyclic) bond motifs is 1. The number of pyridine rings is 1. The first kappa shape index (κ1) is 29.2. The van der Waals surface area contributed by atoms with Crippen LogP contribution in [0.1, 0.15) is 43.2 Å². The number of aromatic nitrogens is 5. The molecule has 0 saturated heterocycles. The van der Waals surface area contributed by atoms with Gasteiger partial charge in [-0.25, -0.2) is 19.5 Å². The number of hydrogen-bond donors (Lipinski definition) is 2. The van der Waals surface area contributed by atoms with Crippen molar-refractivity contribution in [2.24, 2.45) is 5.92 Å². The van der Waals surface area contributed by atoms with Gasteiger partial charge in [0.15, 0.2) is 5.82 Å². The van der Waals surface area contributed by atoms with Crippen LogP contribution in [0.4, 0.5) is 36.4 Å². The van der Waals surface area contributed by atoms with Gasteiger partial charge in [-0.1, -0.05) is 12.8 Å². The molecule has 1 saturated carbocycles. The summed E-state index contributed by atoms with van der Waals surface area (Å²) in [5.74, 6) is -1.29. The predicted octanol–water partition coefficient (Wildman–Crippen LogP) is 5.78. The summed E-state index contributed by atoms with van der Waals surface area (Å²) in [5.41, 5.74) is -4.87. The van der Waals surface area contributed by atoms with Crippen LogP contribution >= 0.6 is 0 Å². The number of H-pyrrole nitrogens is 1. The zero-order chi connectivity index (χ0) is 30.2. The van der Waals surface area contributed by atoms with Crippen LogP contribution in [0.25, 0.3) is 22.2 Å². The number of alkyl halides is 6. The van der Waals surface area contributed by atoms with Gasteiger partial charge in [0.05, 0.1) is 28.4 Å². The monoisotopic (exact) mass is 596 g/mol. The Morgan fingerprint density at radius 3 is 2.38 bits per heavy atom. The lowest BCUT2D eigenvalue weighted by Crippen LogP contribution is -2.35. The average molecular weight is 597 g/mol. The Morgan fingerprint density at radius 2 is 1.69 bits per heavy atom. The molecular weight excluding hydrogens is 573 g/mol. The molecule has 0 unspecified atom stereocenters. The number of nitrogens with zero attached hydrogens (tertiary/aromatic N) is 4. The average Bonchev–Trinajstić information content (AvgIpc) is 2.92. The van der Waals surface area contributed by atoms with Crippen LogP contribution in [-0.4, -0.2) is 30.8 Å². The topological polar surface area (TPSA) is 106 Å². The standard InChI is InChI=1S/C27H23F7N6O2/c28-19-10-17-15(9-18(19)23-35-11-16(12-36-23)26(29,30)31)6-8-40(25(17)42)7-5-14-3-1-2-4-20(14)38-21-13-37-39-24(41)22(21)27(32,33)34/h6,8-14,20H,1-5,7H2,(H2,38,39,41)/t14-,20-/m0/s1. The van der Waals surface area contributed by atoms with Crippen molar-refractivity contribution >= 4 is 16.5 Å². The van der Waals surface area contributed by atoms with Gasteiger partial charge in [0.25, 0.3) is 11.1 Å². The summed E-state index contributed by atoms with van der Waals surface area (Å²) >= 11 is 0. The SMILES string of the molecule is O=c1[nH]ncc(N[C@H]2CCCC[C@H]2CCn2ccc3cc(-c4ncc(C(F)(F)F)cn4)c(F)cc3c2=O)c1C(F)(F)F. The van der Waals surface area contributed by atoms with E-state index in [2.05, 4.69) is 20.4 Å². The zero-order valence-corrected chi connectivity index (χ0v) is 21.7. The van der Waals surface area contributed by atoms with Crippen molar-refractivity contribution in [3.63, 3.8) is 0 Å². The van der Waals surface area contributed by atoms with Crippen molar-refractivity contribution in [2.45, 2.75) is 57.0 Å². The van der Waals surface area contributed by atoms with E-state index in [0.717, 1.165) is 25.1 Å². The lowest BCUT2D eigenvalue weighted by atomic mass is 9.82. The highest BCUT2D eigenvalue weighted by Gasteiger charge is 2.38. The molecule has 3 heterocycles. The highest BCUT2D eigenvalue weighted by molar-refractivity contribution is 5.86. The van der Waals surface area contributed by atoms with Gasteiger partial charge in [0, 0.05) is 31.2 Å². The highest BCUT2D eigenvalue weighted by atomic mass is 19.4. The van der Waals surface area contributed by atoms with E-state index in [0.29, 0.717) is 37.0 Å². The molecule has 222 valence electrons. The lowest BCUT2D eigenvalue weighted by molar-refractivity contribution is -0.139. The van der Waals surface area contributed by atoms with Gasteiger partial charge in [-0.2, -0.15) is 31.4 Å². The molecule has 5 rings (SSSR count). The Bertz CT molecular complexity index is 1710. The smallest absolute Gasteiger partial charge is 0.380 e. The van der Waals surface area contributed by atoms with Crippen LogP contribution in [0.5, 0.6) is 0 Å². The number of aryl methyl sites for hydroxylation is 1. The summed E-state index contributed by atoms with van der Waals surface area (Å²) in [6, 6.07) is 3.42. The molecule has 2 N–H and O–H groups in total. The fourth-order valence-corrected chi connectivity index (χ4v) is 5.30. The Labute approximate surface area is 232 Å². The Morgan fingerprint density at radius 1 is 0.976 bits per heavy atom. The molecular formula is C27H23F7N6O2. The van der Waals surface area contributed by atoms with Gasteiger partial charge in [-0.05, 0) is 48.8 Å². The first-order chi connectivity index (χ1) is 19.8. The second-order valence-electron chi connectivity index (χ2n) is 10.1. The van der Waals surface area contributed by atoms with Crippen LogP contribution in [0, 0.1) is 11.7 Å². The van der Waals surface area contributed by atoms with E-state index in [9.17, 15) is 40.3 Å². The van der Waals surface area contributed by atoms with Crippen LogP contribution in [-0.2, 0) is 18.9 Å². The molecule has 1 aliphatic rings. The molecule has 42 heavy (non-hydrogen) atoms. The van der Waals surface area contributed by atoms with Crippen molar-refractivity contribution in [3.8, 4) is 11.4 Å². The number of anilines is 1. The molecule has 0 amide bonds. The molecule has 0 bridgehead atoms. The van der Waals surface area contributed by atoms with E-state index in [1.165, 1.54) is 16.8 Å². The molecule has 1 aromatic carbocycles. The van der Waals surface area contributed by atoms with Crippen molar-refractivity contribution in [3.05, 3.63) is 80.6 Å². The first-order valence-electron chi connectivity index (χ1n) is 13.0. The molecule has 0 spiro atoms. The second-order valence-corrected chi connectivity index (χ2v) is 10.1. The van der Waals surface area contributed by atoms with E-state index in [-0.39, 0.29) is 29.2 Å².